The number of amides is 2. The molecule has 3 N–H and O–H groups in total. The van der Waals surface area contributed by atoms with E-state index in [0.29, 0.717) is 17.3 Å². The summed E-state index contributed by atoms with van der Waals surface area (Å²) < 4.78 is 6.22. The van der Waals surface area contributed by atoms with Crippen molar-refractivity contribution in [2.75, 3.05) is 23.7 Å². The van der Waals surface area contributed by atoms with Gasteiger partial charge in [-0.15, -0.1) is 0 Å². The van der Waals surface area contributed by atoms with Crippen LogP contribution in [0.15, 0.2) is 71.1 Å². The van der Waals surface area contributed by atoms with Gasteiger partial charge in [-0.05, 0) is 61.6 Å². The third kappa shape index (κ3) is 4.56. The largest absolute Gasteiger partial charge is 0.440 e. The highest BCUT2D eigenvalue weighted by molar-refractivity contribution is 6.10. The van der Waals surface area contributed by atoms with Crippen LogP contribution in [0.1, 0.15) is 42.1 Å². The molecule has 34 heavy (non-hydrogen) atoms. The van der Waals surface area contributed by atoms with E-state index in [1.807, 2.05) is 54.6 Å². The van der Waals surface area contributed by atoms with Gasteiger partial charge < -0.3 is 20.4 Å². The summed E-state index contributed by atoms with van der Waals surface area (Å²) in [5.41, 5.74) is 2.39. The van der Waals surface area contributed by atoms with Crippen molar-refractivity contribution in [3.63, 3.8) is 0 Å². The molecule has 0 unspecified atom stereocenters. The van der Waals surface area contributed by atoms with Crippen LogP contribution in [0.2, 0.25) is 0 Å². The van der Waals surface area contributed by atoms with E-state index in [1.54, 1.807) is 12.1 Å². The van der Waals surface area contributed by atoms with Gasteiger partial charge in [0.25, 0.3) is 5.91 Å². The quantitative estimate of drug-likeness (QED) is 0.386. The van der Waals surface area contributed by atoms with Crippen LogP contribution in [-0.2, 0) is 4.79 Å². The van der Waals surface area contributed by atoms with Crippen LogP contribution in [0, 0.1) is 0 Å². The minimum absolute atomic E-state index is 0.143. The highest BCUT2D eigenvalue weighted by Crippen LogP contribution is 2.33. The van der Waals surface area contributed by atoms with Crippen molar-refractivity contribution in [1.82, 2.24) is 10.3 Å². The molecule has 5 rings (SSSR count). The van der Waals surface area contributed by atoms with Gasteiger partial charge in [-0.2, -0.15) is 0 Å². The van der Waals surface area contributed by atoms with Gasteiger partial charge in [0.15, 0.2) is 17.3 Å². The highest BCUT2D eigenvalue weighted by atomic mass is 16.4. The number of hydrogen-bond donors (Lipinski definition) is 3. The van der Waals surface area contributed by atoms with Crippen LogP contribution in [0.4, 0.5) is 11.4 Å². The van der Waals surface area contributed by atoms with E-state index in [9.17, 15) is 9.59 Å². The number of oxazole rings is 1. The van der Waals surface area contributed by atoms with Crippen molar-refractivity contribution < 1.29 is 14.0 Å². The molecule has 3 aromatic carbocycles. The predicted octanol–water partition coefficient (Wildman–Crippen LogP) is 5.17. The molecule has 0 radical (unpaired) electrons. The van der Waals surface area contributed by atoms with Crippen molar-refractivity contribution in [3.8, 4) is 11.3 Å². The minimum Gasteiger partial charge on any atom is -0.440 e. The number of carbonyl (C=O) groups excluding carboxylic acids is 2. The monoisotopic (exact) mass is 454 g/mol. The number of nitrogens with one attached hydrogen (secondary N) is 3. The number of piperidine rings is 1. The third-order valence-electron chi connectivity index (χ3n) is 6.05. The van der Waals surface area contributed by atoms with Gasteiger partial charge in [0.05, 0.1) is 0 Å². The Morgan fingerprint density at radius 1 is 0.941 bits per heavy atom. The summed E-state index contributed by atoms with van der Waals surface area (Å²) in [4.78, 5) is 29.5. The Hall–Kier alpha value is -3.97. The third-order valence-corrected chi connectivity index (χ3v) is 6.05. The number of aromatic nitrogens is 1. The van der Waals surface area contributed by atoms with Gasteiger partial charge in [-0.25, -0.2) is 4.98 Å². The van der Waals surface area contributed by atoms with Gasteiger partial charge in [-0.1, -0.05) is 36.4 Å². The molecule has 4 aromatic rings. The van der Waals surface area contributed by atoms with E-state index in [1.165, 1.54) is 6.92 Å². The van der Waals surface area contributed by atoms with Crippen LogP contribution in [-0.4, -0.2) is 29.9 Å². The standard InChI is InChI=1S/C27H26N4O3/c1-17(32)29-21-11-9-19(10-12-21)25-24(31-27(34-25)20-13-15-28-16-14-20)26(33)30-23-8-4-6-18-5-2-3-7-22(18)23/h2-12,20,28H,13-16H2,1H3,(H,29,32)(H,30,33). The van der Waals surface area contributed by atoms with E-state index >= 15 is 0 Å². The van der Waals surface area contributed by atoms with Crippen LogP contribution in [0.5, 0.6) is 0 Å². The van der Waals surface area contributed by atoms with Crippen LogP contribution in [0.3, 0.4) is 0 Å². The number of fused-ring (bicyclic) bond motifs is 1. The molecule has 0 atom stereocenters. The molecular weight excluding hydrogens is 428 g/mol. The maximum atomic E-state index is 13.5. The summed E-state index contributed by atoms with van der Waals surface area (Å²) >= 11 is 0. The summed E-state index contributed by atoms with van der Waals surface area (Å²) in [6.45, 7) is 3.25. The van der Waals surface area contributed by atoms with Gasteiger partial charge >= 0.3 is 0 Å². The van der Waals surface area contributed by atoms with Gasteiger partial charge in [0.1, 0.15) is 0 Å². The lowest BCUT2D eigenvalue weighted by molar-refractivity contribution is -0.114. The molecule has 1 aromatic heterocycles. The Bertz CT molecular complexity index is 1330. The van der Waals surface area contributed by atoms with Gasteiger partial charge in [0, 0.05) is 35.2 Å². The molecule has 7 nitrogen and oxygen atoms in total. The van der Waals surface area contributed by atoms with Crippen LogP contribution < -0.4 is 16.0 Å². The fraction of sp³-hybridized carbons (Fsp3) is 0.222. The molecule has 7 heteroatoms. The molecule has 2 amide bonds. The second-order valence-corrected chi connectivity index (χ2v) is 8.49. The first kappa shape index (κ1) is 21.9. The average molecular weight is 455 g/mol. The van der Waals surface area contributed by atoms with Crippen molar-refractivity contribution >= 4 is 34.0 Å². The average Bonchev–Trinajstić information content (AvgIpc) is 3.31. The summed E-state index contributed by atoms with van der Waals surface area (Å²) in [5, 5.41) is 11.1. The number of carbonyl (C=O) groups is 2. The maximum Gasteiger partial charge on any atom is 0.278 e. The summed E-state index contributed by atoms with van der Waals surface area (Å²) in [6, 6.07) is 21.0. The highest BCUT2D eigenvalue weighted by Gasteiger charge is 2.27. The summed E-state index contributed by atoms with van der Waals surface area (Å²) in [6.07, 6.45) is 1.82. The zero-order valence-electron chi connectivity index (χ0n) is 18.9. The predicted molar refractivity (Wildman–Crippen MR) is 133 cm³/mol. The number of nitrogens with zero attached hydrogens (tertiary/aromatic N) is 1. The van der Waals surface area contributed by atoms with E-state index < -0.39 is 0 Å². The van der Waals surface area contributed by atoms with E-state index in [0.717, 1.165) is 48.0 Å². The topological polar surface area (TPSA) is 96.3 Å². The summed E-state index contributed by atoms with van der Waals surface area (Å²) in [7, 11) is 0. The second kappa shape index (κ2) is 9.49. The van der Waals surface area contributed by atoms with Crippen molar-refractivity contribution in [2.45, 2.75) is 25.7 Å². The maximum absolute atomic E-state index is 13.5. The molecule has 0 bridgehead atoms. The Balaban J connectivity index is 1.51. The zero-order chi connectivity index (χ0) is 23.5. The number of anilines is 2. The molecule has 2 heterocycles. The lowest BCUT2D eigenvalue weighted by Gasteiger charge is -2.19. The van der Waals surface area contributed by atoms with Crippen molar-refractivity contribution in [3.05, 3.63) is 78.3 Å². The first-order valence-electron chi connectivity index (χ1n) is 11.5. The first-order chi connectivity index (χ1) is 16.6. The normalized spacial score (nSPS) is 14.1. The summed E-state index contributed by atoms with van der Waals surface area (Å²) in [5.74, 6) is 0.723. The fourth-order valence-corrected chi connectivity index (χ4v) is 4.35. The molecule has 1 aliphatic rings. The zero-order valence-corrected chi connectivity index (χ0v) is 18.9. The molecule has 0 saturated carbocycles. The number of hydrogen-bond acceptors (Lipinski definition) is 5. The molecule has 1 aliphatic heterocycles. The fourth-order valence-electron chi connectivity index (χ4n) is 4.35. The second-order valence-electron chi connectivity index (χ2n) is 8.49. The molecule has 172 valence electrons. The number of rotatable bonds is 5. The Morgan fingerprint density at radius 3 is 2.44 bits per heavy atom. The Kier molecular flexibility index (Phi) is 6.10. The van der Waals surface area contributed by atoms with E-state index in [-0.39, 0.29) is 23.4 Å². The molecule has 0 aliphatic carbocycles. The van der Waals surface area contributed by atoms with Gasteiger partial charge in [0.2, 0.25) is 5.91 Å². The Labute approximate surface area is 197 Å². The van der Waals surface area contributed by atoms with Crippen LogP contribution >= 0.6 is 0 Å². The SMILES string of the molecule is CC(=O)Nc1ccc(-c2oc(C3CCNCC3)nc2C(=O)Nc2cccc3ccccc23)cc1. The molecular formula is C27H26N4O3. The van der Waals surface area contributed by atoms with Crippen molar-refractivity contribution in [2.24, 2.45) is 0 Å². The lowest BCUT2D eigenvalue weighted by Crippen LogP contribution is -2.26. The van der Waals surface area contributed by atoms with E-state index in [2.05, 4.69) is 20.9 Å². The van der Waals surface area contributed by atoms with Gasteiger partial charge in [-0.3, -0.25) is 9.59 Å². The van der Waals surface area contributed by atoms with E-state index in [4.69, 9.17) is 4.42 Å². The minimum atomic E-state index is -0.318. The smallest absolute Gasteiger partial charge is 0.278 e. The molecule has 1 fully saturated rings. The number of benzene rings is 3. The van der Waals surface area contributed by atoms with Crippen LogP contribution in [0.25, 0.3) is 22.1 Å². The first-order valence-corrected chi connectivity index (χ1v) is 11.5. The lowest BCUT2D eigenvalue weighted by atomic mass is 9.98. The Morgan fingerprint density at radius 2 is 1.68 bits per heavy atom. The van der Waals surface area contributed by atoms with Crippen molar-refractivity contribution in [1.29, 1.82) is 0 Å². The molecule has 1 saturated heterocycles. The molecule has 0 spiro atoms.